The molecule has 0 radical (unpaired) electrons. The summed E-state index contributed by atoms with van der Waals surface area (Å²) in [7, 11) is 0. The molecule has 0 unspecified atom stereocenters. The second-order valence-electron chi connectivity index (χ2n) is 5.23. The molecule has 0 fully saturated rings. The monoisotopic (exact) mass is 316 g/mol. The van der Waals surface area contributed by atoms with Crippen molar-refractivity contribution in [3.63, 3.8) is 0 Å². The molecule has 0 saturated heterocycles. The van der Waals surface area contributed by atoms with Gasteiger partial charge in [0.05, 0.1) is 11.4 Å². The minimum absolute atomic E-state index is 0.118. The number of aromatic amines is 1. The van der Waals surface area contributed by atoms with Crippen LogP contribution in [0.1, 0.15) is 20.9 Å². The van der Waals surface area contributed by atoms with Gasteiger partial charge < -0.3 is 9.88 Å². The van der Waals surface area contributed by atoms with Crippen molar-refractivity contribution in [3.05, 3.63) is 56.9 Å². The lowest BCUT2D eigenvalue weighted by Crippen LogP contribution is -2.35. The number of hydrogen-bond donors (Lipinski definition) is 1. The zero-order valence-electron chi connectivity index (χ0n) is 11.2. The number of nitrogens with one attached hydrogen (secondary N) is 1. The van der Waals surface area contributed by atoms with Gasteiger partial charge >= 0.3 is 0 Å². The van der Waals surface area contributed by atoms with E-state index in [1.807, 2.05) is 40.6 Å². The first-order chi connectivity index (χ1) is 10.2. The largest absolute Gasteiger partial charge is 0.357 e. The van der Waals surface area contributed by atoms with Gasteiger partial charge in [-0.1, -0.05) is 17.7 Å². The highest BCUT2D eigenvalue weighted by Crippen LogP contribution is 2.30. The molecule has 0 aliphatic carbocycles. The summed E-state index contributed by atoms with van der Waals surface area (Å²) in [5.74, 6) is 0.118. The maximum atomic E-state index is 12.4. The number of rotatable bonds is 1. The van der Waals surface area contributed by atoms with Crippen LogP contribution >= 0.6 is 22.9 Å². The smallest absolute Gasteiger partial charge is 0.264 e. The summed E-state index contributed by atoms with van der Waals surface area (Å²) in [6.45, 7) is 1.39. The molecule has 106 valence electrons. The summed E-state index contributed by atoms with van der Waals surface area (Å²) < 4.78 is 0. The summed E-state index contributed by atoms with van der Waals surface area (Å²) in [6.07, 6.45) is 0.868. The number of carbonyl (C=O) groups is 1. The zero-order chi connectivity index (χ0) is 14.4. The maximum Gasteiger partial charge on any atom is 0.264 e. The number of amides is 1. The number of nitrogens with zero attached hydrogens (tertiary/aromatic N) is 1. The lowest BCUT2D eigenvalue weighted by Gasteiger charge is -2.26. The Kier molecular flexibility index (Phi) is 3.01. The van der Waals surface area contributed by atoms with Crippen LogP contribution in [0.4, 0.5) is 0 Å². The zero-order valence-corrected chi connectivity index (χ0v) is 12.8. The van der Waals surface area contributed by atoms with Gasteiger partial charge in [-0.05, 0) is 41.6 Å². The van der Waals surface area contributed by atoms with Crippen LogP contribution in [0.25, 0.3) is 10.9 Å². The lowest BCUT2D eigenvalue weighted by atomic mass is 10.0. The van der Waals surface area contributed by atoms with Crippen LogP contribution < -0.4 is 0 Å². The Morgan fingerprint density at radius 1 is 1.33 bits per heavy atom. The molecule has 3 aromatic rings. The molecule has 5 heteroatoms. The van der Waals surface area contributed by atoms with Crippen LogP contribution in [-0.4, -0.2) is 22.3 Å². The second kappa shape index (κ2) is 4.90. The van der Waals surface area contributed by atoms with Gasteiger partial charge in [-0.2, -0.15) is 0 Å². The van der Waals surface area contributed by atoms with E-state index in [0.717, 1.165) is 34.1 Å². The molecule has 0 atom stereocenters. The van der Waals surface area contributed by atoms with E-state index < -0.39 is 0 Å². The molecular formula is C16H13ClN2OS. The Morgan fingerprint density at radius 3 is 3.05 bits per heavy atom. The summed E-state index contributed by atoms with van der Waals surface area (Å²) in [6, 6.07) is 9.69. The van der Waals surface area contributed by atoms with E-state index in [-0.39, 0.29) is 5.91 Å². The van der Waals surface area contributed by atoms with Crippen LogP contribution in [0.2, 0.25) is 5.02 Å². The number of aromatic nitrogens is 1. The highest BCUT2D eigenvalue weighted by atomic mass is 35.5. The first kappa shape index (κ1) is 12.9. The molecular weight excluding hydrogens is 304 g/mol. The predicted octanol–water partition coefficient (Wildman–Crippen LogP) is 4.08. The van der Waals surface area contributed by atoms with E-state index in [0.29, 0.717) is 6.54 Å². The first-order valence-electron chi connectivity index (χ1n) is 6.84. The minimum Gasteiger partial charge on any atom is -0.357 e. The Bertz CT molecular complexity index is 822. The van der Waals surface area contributed by atoms with Gasteiger partial charge in [0.2, 0.25) is 0 Å². The van der Waals surface area contributed by atoms with Gasteiger partial charge in [0.1, 0.15) is 0 Å². The molecule has 1 N–H and O–H groups in total. The molecule has 1 aromatic carbocycles. The van der Waals surface area contributed by atoms with Crippen LogP contribution in [0.15, 0.2) is 35.7 Å². The van der Waals surface area contributed by atoms with E-state index in [4.69, 9.17) is 11.6 Å². The fraction of sp³-hybridized carbons (Fsp3) is 0.188. The summed E-state index contributed by atoms with van der Waals surface area (Å²) >= 11 is 7.58. The van der Waals surface area contributed by atoms with Crippen molar-refractivity contribution < 1.29 is 4.79 Å². The van der Waals surface area contributed by atoms with Gasteiger partial charge in [-0.15, -0.1) is 11.3 Å². The molecule has 1 amide bonds. The summed E-state index contributed by atoms with van der Waals surface area (Å²) in [5, 5.41) is 3.87. The van der Waals surface area contributed by atoms with Crippen molar-refractivity contribution in [1.29, 1.82) is 0 Å². The minimum atomic E-state index is 0.118. The van der Waals surface area contributed by atoms with Gasteiger partial charge in [-0.25, -0.2) is 0 Å². The summed E-state index contributed by atoms with van der Waals surface area (Å²) in [5.41, 5.74) is 3.51. The van der Waals surface area contributed by atoms with Crippen molar-refractivity contribution in [3.8, 4) is 0 Å². The Balaban J connectivity index is 1.69. The number of benzene rings is 1. The third-order valence-corrected chi connectivity index (χ3v) is 5.05. The van der Waals surface area contributed by atoms with Crippen molar-refractivity contribution in [2.75, 3.05) is 6.54 Å². The van der Waals surface area contributed by atoms with E-state index in [1.54, 1.807) is 0 Å². The number of carbonyl (C=O) groups excluding carboxylic acids is 1. The highest BCUT2D eigenvalue weighted by molar-refractivity contribution is 7.12. The number of hydrogen-bond acceptors (Lipinski definition) is 2. The third-order valence-electron chi connectivity index (χ3n) is 3.96. The Hall–Kier alpha value is -1.78. The van der Waals surface area contributed by atoms with Crippen molar-refractivity contribution >= 4 is 39.7 Å². The summed E-state index contributed by atoms with van der Waals surface area (Å²) in [4.78, 5) is 18.6. The molecule has 2 aromatic heterocycles. The average Bonchev–Trinajstić information content (AvgIpc) is 3.13. The predicted molar refractivity (Wildman–Crippen MR) is 86.1 cm³/mol. The fourth-order valence-corrected chi connectivity index (χ4v) is 3.81. The van der Waals surface area contributed by atoms with Gasteiger partial charge in [0.15, 0.2) is 0 Å². The van der Waals surface area contributed by atoms with E-state index in [1.165, 1.54) is 22.3 Å². The highest BCUT2D eigenvalue weighted by Gasteiger charge is 2.25. The molecule has 21 heavy (non-hydrogen) atoms. The topological polar surface area (TPSA) is 36.1 Å². The van der Waals surface area contributed by atoms with Crippen molar-refractivity contribution in [2.24, 2.45) is 0 Å². The van der Waals surface area contributed by atoms with Gasteiger partial charge in [-0.3, -0.25) is 4.79 Å². The first-order valence-corrected chi connectivity index (χ1v) is 8.10. The van der Waals surface area contributed by atoms with E-state index >= 15 is 0 Å². The molecule has 3 heterocycles. The standard InChI is InChI=1S/C16H13ClN2OS/c17-10-3-4-13-12(8-10)11-5-6-19(9-14(11)18-13)16(20)15-2-1-7-21-15/h1-4,7-8,18H,5-6,9H2. The second-order valence-corrected chi connectivity index (χ2v) is 6.61. The lowest BCUT2D eigenvalue weighted by molar-refractivity contribution is 0.0738. The molecule has 4 rings (SSSR count). The van der Waals surface area contributed by atoms with Crippen molar-refractivity contribution in [1.82, 2.24) is 9.88 Å². The quantitative estimate of drug-likeness (QED) is 0.721. The Labute approximate surface area is 131 Å². The van der Waals surface area contributed by atoms with E-state index in [9.17, 15) is 4.79 Å². The SMILES string of the molecule is O=C(c1cccs1)N1CCc2c([nH]c3ccc(Cl)cc23)C1. The van der Waals surface area contributed by atoms with Crippen LogP contribution in [0.5, 0.6) is 0 Å². The number of fused-ring (bicyclic) bond motifs is 3. The molecule has 3 nitrogen and oxygen atoms in total. The number of H-pyrrole nitrogens is 1. The van der Waals surface area contributed by atoms with Crippen LogP contribution in [-0.2, 0) is 13.0 Å². The maximum absolute atomic E-state index is 12.4. The fourth-order valence-electron chi connectivity index (χ4n) is 2.94. The molecule has 1 aliphatic heterocycles. The molecule has 0 saturated carbocycles. The third kappa shape index (κ3) is 2.15. The molecule has 0 bridgehead atoms. The van der Waals surface area contributed by atoms with Crippen LogP contribution in [0, 0.1) is 0 Å². The molecule has 0 spiro atoms. The van der Waals surface area contributed by atoms with Gasteiger partial charge in [0, 0.05) is 28.2 Å². The molecule has 1 aliphatic rings. The van der Waals surface area contributed by atoms with E-state index in [2.05, 4.69) is 4.98 Å². The average molecular weight is 317 g/mol. The van der Waals surface area contributed by atoms with Gasteiger partial charge in [0.25, 0.3) is 5.91 Å². The van der Waals surface area contributed by atoms with Crippen molar-refractivity contribution in [2.45, 2.75) is 13.0 Å². The van der Waals surface area contributed by atoms with Crippen LogP contribution in [0.3, 0.4) is 0 Å². The Morgan fingerprint density at radius 2 is 2.24 bits per heavy atom. The number of halogens is 1. The normalized spacial score (nSPS) is 14.4. The number of thiophene rings is 1.